The SMILES string of the molecule is O=C(Cc1ccccc1)N1CCc2cc(NS(=O)(=O)c3cc(Cl)cc(Cl)c3)ccc21. The molecule has 8 heteroatoms. The highest BCUT2D eigenvalue weighted by atomic mass is 35.5. The second-order valence-corrected chi connectivity index (χ2v) is 9.57. The van der Waals surface area contributed by atoms with Crippen molar-refractivity contribution in [2.75, 3.05) is 16.2 Å². The number of nitrogens with one attached hydrogen (secondary N) is 1. The number of hydrogen-bond donors (Lipinski definition) is 1. The fourth-order valence-electron chi connectivity index (χ4n) is 3.49. The van der Waals surface area contributed by atoms with Gasteiger partial charge in [0.25, 0.3) is 10.0 Å². The second kappa shape index (κ2) is 8.30. The number of benzene rings is 3. The number of anilines is 2. The maximum absolute atomic E-state index is 12.7. The molecule has 0 atom stereocenters. The molecule has 0 saturated carbocycles. The molecule has 0 fully saturated rings. The van der Waals surface area contributed by atoms with Gasteiger partial charge in [0.1, 0.15) is 0 Å². The molecule has 0 radical (unpaired) electrons. The van der Waals surface area contributed by atoms with Gasteiger partial charge in [-0.25, -0.2) is 8.42 Å². The van der Waals surface area contributed by atoms with Crippen LogP contribution in [0, 0.1) is 0 Å². The average Bonchev–Trinajstić information content (AvgIpc) is 3.11. The highest BCUT2D eigenvalue weighted by molar-refractivity contribution is 7.92. The van der Waals surface area contributed by atoms with Crippen molar-refractivity contribution >= 4 is 50.5 Å². The van der Waals surface area contributed by atoms with Gasteiger partial charge in [-0.3, -0.25) is 9.52 Å². The first-order valence-electron chi connectivity index (χ1n) is 9.28. The molecule has 1 aliphatic heterocycles. The minimum absolute atomic E-state index is 0.0137. The first kappa shape index (κ1) is 20.7. The second-order valence-electron chi connectivity index (χ2n) is 7.01. The number of carbonyl (C=O) groups is 1. The lowest BCUT2D eigenvalue weighted by atomic mass is 10.1. The van der Waals surface area contributed by atoms with E-state index in [1.54, 1.807) is 23.1 Å². The highest BCUT2D eigenvalue weighted by Crippen LogP contribution is 2.32. The third kappa shape index (κ3) is 4.46. The Kier molecular flexibility index (Phi) is 5.73. The Morgan fingerprint density at radius 1 is 0.967 bits per heavy atom. The summed E-state index contributed by atoms with van der Waals surface area (Å²) >= 11 is 11.9. The maximum atomic E-state index is 12.7. The molecule has 3 aromatic rings. The number of rotatable bonds is 5. The smallest absolute Gasteiger partial charge is 0.261 e. The average molecular weight is 461 g/mol. The topological polar surface area (TPSA) is 66.5 Å². The van der Waals surface area contributed by atoms with E-state index in [0.717, 1.165) is 16.8 Å². The van der Waals surface area contributed by atoms with E-state index < -0.39 is 10.0 Å². The van der Waals surface area contributed by atoms with E-state index in [-0.39, 0.29) is 20.8 Å². The molecular weight excluding hydrogens is 443 g/mol. The molecular formula is C22H18Cl2N2O3S. The van der Waals surface area contributed by atoms with Crippen LogP contribution < -0.4 is 9.62 Å². The molecule has 0 aromatic heterocycles. The number of nitrogens with zero attached hydrogens (tertiary/aromatic N) is 1. The van der Waals surface area contributed by atoms with Crippen LogP contribution in [0.2, 0.25) is 10.0 Å². The van der Waals surface area contributed by atoms with Gasteiger partial charge in [0, 0.05) is 28.0 Å². The predicted molar refractivity (Wildman–Crippen MR) is 120 cm³/mol. The van der Waals surface area contributed by atoms with Crippen molar-refractivity contribution in [1.82, 2.24) is 0 Å². The monoisotopic (exact) mass is 460 g/mol. The van der Waals surface area contributed by atoms with Crippen molar-refractivity contribution < 1.29 is 13.2 Å². The van der Waals surface area contributed by atoms with Crippen molar-refractivity contribution in [2.45, 2.75) is 17.7 Å². The van der Waals surface area contributed by atoms with E-state index >= 15 is 0 Å². The van der Waals surface area contributed by atoms with Crippen molar-refractivity contribution in [3.8, 4) is 0 Å². The number of fused-ring (bicyclic) bond motifs is 1. The van der Waals surface area contributed by atoms with Gasteiger partial charge in [-0.15, -0.1) is 0 Å². The molecule has 5 nitrogen and oxygen atoms in total. The summed E-state index contributed by atoms with van der Waals surface area (Å²) in [4.78, 5) is 14.5. The number of sulfonamides is 1. The summed E-state index contributed by atoms with van der Waals surface area (Å²) in [6, 6.07) is 18.9. The Hall–Kier alpha value is -2.54. The van der Waals surface area contributed by atoms with Gasteiger partial charge < -0.3 is 4.90 Å². The zero-order valence-electron chi connectivity index (χ0n) is 15.8. The van der Waals surface area contributed by atoms with Gasteiger partial charge in [0.05, 0.1) is 11.3 Å². The van der Waals surface area contributed by atoms with Crippen LogP contribution in [0.5, 0.6) is 0 Å². The Morgan fingerprint density at radius 3 is 2.37 bits per heavy atom. The van der Waals surface area contributed by atoms with E-state index in [9.17, 15) is 13.2 Å². The van der Waals surface area contributed by atoms with Gasteiger partial charge in [0.2, 0.25) is 5.91 Å². The fraction of sp³-hybridized carbons (Fsp3) is 0.136. The number of halogens is 2. The molecule has 0 spiro atoms. The first-order chi connectivity index (χ1) is 14.3. The fourth-order valence-corrected chi connectivity index (χ4v) is 5.26. The van der Waals surface area contributed by atoms with Crippen LogP contribution >= 0.6 is 23.2 Å². The summed E-state index contributed by atoms with van der Waals surface area (Å²) in [6.07, 6.45) is 0.985. The van der Waals surface area contributed by atoms with E-state index in [1.165, 1.54) is 18.2 Å². The van der Waals surface area contributed by atoms with Crippen LogP contribution in [-0.2, 0) is 27.7 Å². The molecule has 1 heterocycles. The van der Waals surface area contributed by atoms with Crippen LogP contribution in [0.25, 0.3) is 0 Å². The summed E-state index contributed by atoms with van der Waals surface area (Å²) in [5.41, 5.74) is 3.10. The van der Waals surface area contributed by atoms with Crippen molar-refractivity contribution in [3.63, 3.8) is 0 Å². The summed E-state index contributed by atoms with van der Waals surface area (Å²) in [5.74, 6) is 0.0156. The van der Waals surface area contributed by atoms with Crippen molar-refractivity contribution in [1.29, 1.82) is 0 Å². The summed E-state index contributed by atoms with van der Waals surface area (Å²) in [5, 5.41) is 0.480. The number of amides is 1. The number of carbonyl (C=O) groups excluding carboxylic acids is 1. The van der Waals surface area contributed by atoms with E-state index in [4.69, 9.17) is 23.2 Å². The summed E-state index contributed by atoms with van der Waals surface area (Å²) in [7, 11) is -3.85. The molecule has 154 valence electrons. The van der Waals surface area contributed by atoms with Crippen LogP contribution in [0.1, 0.15) is 11.1 Å². The maximum Gasteiger partial charge on any atom is 0.261 e. The molecule has 1 aliphatic rings. The molecule has 0 unspecified atom stereocenters. The first-order valence-corrected chi connectivity index (χ1v) is 11.5. The Morgan fingerprint density at radius 2 is 1.67 bits per heavy atom. The predicted octanol–water partition coefficient (Wildman–Crippen LogP) is 4.93. The molecule has 1 N–H and O–H groups in total. The van der Waals surface area contributed by atoms with Crippen LogP contribution in [0.15, 0.2) is 71.6 Å². The lowest BCUT2D eigenvalue weighted by molar-refractivity contribution is -0.117. The van der Waals surface area contributed by atoms with Crippen LogP contribution in [0.4, 0.5) is 11.4 Å². The zero-order chi connectivity index (χ0) is 21.3. The highest BCUT2D eigenvalue weighted by Gasteiger charge is 2.25. The quantitative estimate of drug-likeness (QED) is 0.586. The number of hydrogen-bond acceptors (Lipinski definition) is 3. The summed E-state index contributed by atoms with van der Waals surface area (Å²) in [6.45, 7) is 0.571. The minimum Gasteiger partial charge on any atom is -0.312 e. The van der Waals surface area contributed by atoms with Gasteiger partial charge in [-0.05, 0) is 53.9 Å². The van der Waals surface area contributed by atoms with Gasteiger partial charge in [-0.1, -0.05) is 53.5 Å². The van der Waals surface area contributed by atoms with Crippen molar-refractivity contribution in [2.24, 2.45) is 0 Å². The third-order valence-corrected chi connectivity index (χ3v) is 6.67. The molecule has 0 bridgehead atoms. The van der Waals surface area contributed by atoms with E-state index in [1.807, 2.05) is 30.3 Å². The largest absolute Gasteiger partial charge is 0.312 e. The van der Waals surface area contributed by atoms with Crippen LogP contribution in [0.3, 0.4) is 0 Å². The van der Waals surface area contributed by atoms with Gasteiger partial charge >= 0.3 is 0 Å². The molecule has 3 aromatic carbocycles. The van der Waals surface area contributed by atoms with Crippen molar-refractivity contribution in [3.05, 3.63) is 87.9 Å². The molecule has 0 saturated heterocycles. The van der Waals surface area contributed by atoms with Crippen LogP contribution in [-0.4, -0.2) is 20.9 Å². The summed E-state index contributed by atoms with van der Waals surface area (Å²) < 4.78 is 27.9. The Balaban J connectivity index is 1.53. The van der Waals surface area contributed by atoms with E-state index in [2.05, 4.69) is 4.72 Å². The minimum atomic E-state index is -3.85. The molecule has 30 heavy (non-hydrogen) atoms. The Labute approximate surface area is 185 Å². The lowest BCUT2D eigenvalue weighted by Gasteiger charge is -2.18. The molecule has 4 rings (SSSR count). The standard InChI is InChI=1S/C22H18Cl2N2O3S/c23-17-12-18(24)14-20(13-17)30(28,29)25-19-6-7-21-16(11-19)8-9-26(21)22(27)10-15-4-2-1-3-5-15/h1-7,11-14,25H,8-10H2. The van der Waals surface area contributed by atoms with E-state index in [0.29, 0.717) is 25.1 Å². The zero-order valence-corrected chi connectivity index (χ0v) is 18.1. The molecule has 1 amide bonds. The molecule has 0 aliphatic carbocycles. The third-order valence-electron chi connectivity index (χ3n) is 4.87. The van der Waals surface area contributed by atoms with Gasteiger partial charge in [-0.2, -0.15) is 0 Å². The Bertz CT molecular complexity index is 1190. The van der Waals surface area contributed by atoms with Gasteiger partial charge in [0.15, 0.2) is 0 Å². The lowest BCUT2D eigenvalue weighted by Crippen LogP contribution is -2.30. The normalized spacial score (nSPS) is 13.2.